The lowest BCUT2D eigenvalue weighted by Gasteiger charge is -2.19. The third kappa shape index (κ3) is 3.41. The number of benzene rings is 5. The van der Waals surface area contributed by atoms with Crippen LogP contribution in [0.2, 0.25) is 0 Å². The minimum Gasteiger partial charge on any atom is -0.207 e. The molecule has 0 saturated carbocycles. The van der Waals surface area contributed by atoms with Crippen molar-refractivity contribution in [3.8, 4) is 22.3 Å². The smallest absolute Gasteiger partial charge is 0.198 e. The van der Waals surface area contributed by atoms with Crippen LogP contribution in [0.5, 0.6) is 0 Å². The Kier molecular flexibility index (Phi) is 5.23. The van der Waals surface area contributed by atoms with Crippen molar-refractivity contribution < 1.29 is 39.5 Å². The van der Waals surface area contributed by atoms with Crippen LogP contribution >= 0.6 is 0 Å². The molecule has 0 aliphatic heterocycles. The van der Waals surface area contributed by atoms with Crippen LogP contribution in [0.1, 0.15) is 0 Å². The first-order valence-corrected chi connectivity index (χ1v) is 9.91. The Balaban J connectivity index is 2.14. The molecule has 0 atom stereocenters. The summed E-state index contributed by atoms with van der Waals surface area (Å²) in [6, 6.07) is 7.06. The summed E-state index contributed by atoms with van der Waals surface area (Å²) in [5.74, 6) is -14.1. The van der Waals surface area contributed by atoms with Gasteiger partial charge in [0, 0.05) is 33.5 Å². The number of halogens is 9. The van der Waals surface area contributed by atoms with Gasteiger partial charge >= 0.3 is 0 Å². The first-order valence-electron chi connectivity index (χ1n) is 9.91. The molecule has 0 aromatic heterocycles. The van der Waals surface area contributed by atoms with E-state index in [1.54, 1.807) is 0 Å². The average Bonchev–Trinajstić information content (AvgIpc) is 2.82. The lowest BCUT2D eigenvalue weighted by molar-refractivity contribution is 0.418. The van der Waals surface area contributed by atoms with Gasteiger partial charge in [-0.15, -0.1) is 0 Å². The Hall–Kier alpha value is -4.01. The van der Waals surface area contributed by atoms with Crippen molar-refractivity contribution in [1.29, 1.82) is 0 Å². The average molecular weight is 492 g/mol. The standard InChI is InChI=1S/C26H9F9/c27-11-2-4-13-15(8-11)19(10-1-6-16(29)18(31)7-10)21-22(24(33)26(35)25(34)23(21)32)20(13)14-5-3-12(28)9-17(14)30/h1-9H. The molecule has 35 heavy (non-hydrogen) atoms. The minimum atomic E-state index is -2.22. The van der Waals surface area contributed by atoms with Gasteiger partial charge < -0.3 is 0 Å². The molecule has 0 saturated heterocycles. The topological polar surface area (TPSA) is 0 Å². The molecule has 5 aromatic rings. The molecular formula is C26H9F9. The van der Waals surface area contributed by atoms with Gasteiger partial charge in [-0.25, -0.2) is 39.5 Å². The van der Waals surface area contributed by atoms with Crippen LogP contribution in [0.4, 0.5) is 39.5 Å². The summed E-state index contributed by atoms with van der Waals surface area (Å²) < 4.78 is 130. The molecule has 0 fully saturated rings. The van der Waals surface area contributed by atoms with Crippen molar-refractivity contribution in [3.05, 3.63) is 107 Å². The van der Waals surface area contributed by atoms with Gasteiger partial charge in [-0.3, -0.25) is 0 Å². The molecule has 0 spiro atoms. The number of hydrogen-bond acceptors (Lipinski definition) is 0. The predicted molar refractivity (Wildman–Crippen MR) is 112 cm³/mol. The maximum atomic E-state index is 15.3. The summed E-state index contributed by atoms with van der Waals surface area (Å²) in [7, 11) is 0. The fraction of sp³-hybridized carbons (Fsp3) is 0. The second-order valence-electron chi connectivity index (χ2n) is 7.70. The van der Waals surface area contributed by atoms with Crippen molar-refractivity contribution in [2.24, 2.45) is 0 Å². The maximum absolute atomic E-state index is 15.3. The molecule has 0 N–H and O–H groups in total. The molecule has 0 radical (unpaired) electrons. The Morgan fingerprint density at radius 2 is 1.00 bits per heavy atom. The Morgan fingerprint density at radius 3 is 1.63 bits per heavy atom. The highest BCUT2D eigenvalue weighted by Gasteiger charge is 2.29. The van der Waals surface area contributed by atoms with Crippen LogP contribution in [0.3, 0.4) is 0 Å². The zero-order valence-corrected chi connectivity index (χ0v) is 17.1. The molecule has 0 nitrogen and oxygen atoms in total. The molecule has 0 amide bonds. The van der Waals surface area contributed by atoms with Gasteiger partial charge in [0.2, 0.25) is 0 Å². The highest BCUT2D eigenvalue weighted by molar-refractivity contribution is 6.21. The fourth-order valence-corrected chi connectivity index (χ4v) is 4.24. The number of hydrogen-bond donors (Lipinski definition) is 0. The maximum Gasteiger partial charge on any atom is 0.198 e. The summed E-state index contributed by atoms with van der Waals surface area (Å²) in [4.78, 5) is 0. The van der Waals surface area contributed by atoms with Gasteiger partial charge in [0.25, 0.3) is 0 Å². The number of rotatable bonds is 2. The van der Waals surface area contributed by atoms with Crippen molar-refractivity contribution in [2.45, 2.75) is 0 Å². The molecule has 0 bridgehead atoms. The highest BCUT2D eigenvalue weighted by atomic mass is 19.2. The Morgan fingerprint density at radius 1 is 0.400 bits per heavy atom. The van der Waals surface area contributed by atoms with Gasteiger partial charge in [0.05, 0.1) is 0 Å². The highest BCUT2D eigenvalue weighted by Crippen LogP contribution is 2.47. The van der Waals surface area contributed by atoms with Crippen LogP contribution in [0.15, 0.2) is 54.6 Å². The molecule has 0 unspecified atom stereocenters. The predicted octanol–water partition coefficient (Wildman–Crippen LogP) is 8.58. The van der Waals surface area contributed by atoms with Crippen molar-refractivity contribution in [2.75, 3.05) is 0 Å². The summed E-state index contributed by atoms with van der Waals surface area (Å²) in [5, 5.41) is -2.37. The summed E-state index contributed by atoms with van der Waals surface area (Å²) in [6.45, 7) is 0. The molecule has 176 valence electrons. The monoisotopic (exact) mass is 492 g/mol. The Labute approximate surface area is 190 Å². The van der Waals surface area contributed by atoms with E-state index in [-0.39, 0.29) is 16.3 Å². The summed E-state index contributed by atoms with van der Waals surface area (Å²) in [5.41, 5.74) is -1.85. The van der Waals surface area contributed by atoms with Crippen LogP contribution in [-0.2, 0) is 0 Å². The summed E-state index contributed by atoms with van der Waals surface area (Å²) in [6.07, 6.45) is 0. The first kappa shape index (κ1) is 22.8. The van der Waals surface area contributed by atoms with E-state index in [0.717, 1.165) is 36.4 Å². The summed E-state index contributed by atoms with van der Waals surface area (Å²) >= 11 is 0. The van der Waals surface area contributed by atoms with Gasteiger partial charge in [0.1, 0.15) is 17.5 Å². The van der Waals surface area contributed by atoms with E-state index in [2.05, 4.69) is 0 Å². The second-order valence-corrected chi connectivity index (χ2v) is 7.70. The Bertz CT molecular complexity index is 1690. The normalized spacial score (nSPS) is 11.6. The fourth-order valence-electron chi connectivity index (χ4n) is 4.24. The van der Waals surface area contributed by atoms with Gasteiger partial charge in [-0.1, -0.05) is 12.1 Å². The van der Waals surface area contributed by atoms with Gasteiger partial charge in [-0.05, 0) is 52.7 Å². The lowest BCUT2D eigenvalue weighted by Crippen LogP contribution is -2.03. The molecule has 5 rings (SSSR count). The lowest BCUT2D eigenvalue weighted by atomic mass is 9.85. The van der Waals surface area contributed by atoms with E-state index in [1.165, 1.54) is 0 Å². The van der Waals surface area contributed by atoms with Crippen LogP contribution in [0.25, 0.3) is 43.8 Å². The second kappa shape index (κ2) is 8.04. The minimum absolute atomic E-state index is 0.173. The third-order valence-electron chi connectivity index (χ3n) is 5.70. The van der Waals surface area contributed by atoms with E-state index >= 15 is 8.78 Å². The molecule has 9 heteroatoms. The van der Waals surface area contributed by atoms with E-state index in [4.69, 9.17) is 0 Å². The van der Waals surface area contributed by atoms with E-state index in [0.29, 0.717) is 18.2 Å². The molecule has 0 heterocycles. The first-order chi connectivity index (χ1) is 16.6. The van der Waals surface area contributed by atoms with Crippen molar-refractivity contribution in [3.63, 3.8) is 0 Å². The van der Waals surface area contributed by atoms with Crippen molar-refractivity contribution >= 4 is 21.5 Å². The number of fused-ring (bicyclic) bond motifs is 2. The zero-order chi connectivity index (χ0) is 25.2. The largest absolute Gasteiger partial charge is 0.207 e. The van der Waals surface area contributed by atoms with E-state index in [9.17, 15) is 30.7 Å². The van der Waals surface area contributed by atoms with Gasteiger partial charge in [-0.2, -0.15) is 0 Å². The quantitative estimate of drug-likeness (QED) is 0.100. The van der Waals surface area contributed by atoms with Crippen LogP contribution in [-0.4, -0.2) is 0 Å². The van der Waals surface area contributed by atoms with Crippen molar-refractivity contribution in [1.82, 2.24) is 0 Å². The van der Waals surface area contributed by atoms with Gasteiger partial charge in [0.15, 0.2) is 34.9 Å². The van der Waals surface area contributed by atoms with Crippen LogP contribution < -0.4 is 0 Å². The van der Waals surface area contributed by atoms with Crippen LogP contribution in [0, 0.1) is 52.4 Å². The molecular weight excluding hydrogens is 483 g/mol. The molecule has 5 aromatic carbocycles. The zero-order valence-electron chi connectivity index (χ0n) is 17.1. The molecule has 0 aliphatic rings. The molecule has 0 aliphatic carbocycles. The SMILES string of the molecule is Fc1ccc(-c2c3ccc(F)cc3c(-c3ccc(F)c(F)c3)c3c(F)c(F)c(F)c(F)c23)c(F)c1. The third-order valence-corrected chi connectivity index (χ3v) is 5.70. The van der Waals surface area contributed by atoms with E-state index < -0.39 is 79.8 Å². The van der Waals surface area contributed by atoms with E-state index in [1.807, 2.05) is 0 Å².